The number of nitrogen functional groups attached to an aromatic ring is 1. The van der Waals surface area contributed by atoms with E-state index in [4.69, 9.17) is 15.5 Å². The molecular formula is C30H31FN8O2. The number of fused-ring (bicyclic) bond motifs is 1. The molecule has 210 valence electrons. The van der Waals surface area contributed by atoms with Gasteiger partial charge in [0.05, 0.1) is 35.7 Å². The lowest BCUT2D eigenvalue weighted by Gasteiger charge is -2.41. The van der Waals surface area contributed by atoms with Crippen LogP contribution in [0.1, 0.15) is 24.8 Å². The van der Waals surface area contributed by atoms with Crippen LogP contribution in [0.5, 0.6) is 6.01 Å². The first-order valence-electron chi connectivity index (χ1n) is 13.5. The van der Waals surface area contributed by atoms with Crippen molar-refractivity contribution in [2.45, 2.75) is 31.3 Å². The zero-order chi connectivity index (χ0) is 29.1. The van der Waals surface area contributed by atoms with Crippen LogP contribution in [0.3, 0.4) is 0 Å². The second-order valence-electron chi connectivity index (χ2n) is 10.4. The first-order chi connectivity index (χ1) is 19.8. The Kier molecular flexibility index (Phi) is 7.99. The van der Waals surface area contributed by atoms with Crippen LogP contribution in [-0.4, -0.2) is 77.6 Å². The van der Waals surface area contributed by atoms with Crippen molar-refractivity contribution in [2.75, 3.05) is 50.5 Å². The van der Waals surface area contributed by atoms with Crippen LogP contribution in [-0.2, 0) is 4.79 Å². The molecule has 2 atom stereocenters. The van der Waals surface area contributed by atoms with Crippen molar-refractivity contribution in [1.29, 1.82) is 10.5 Å². The number of nitrogens with zero attached hydrogens (tertiary/aromatic N) is 7. The molecule has 0 saturated carbocycles. The van der Waals surface area contributed by atoms with Gasteiger partial charge in [-0.15, -0.1) is 0 Å². The van der Waals surface area contributed by atoms with Crippen molar-refractivity contribution < 1.29 is 13.9 Å². The van der Waals surface area contributed by atoms with Crippen molar-refractivity contribution in [3.63, 3.8) is 0 Å². The number of anilines is 2. The fourth-order valence-corrected chi connectivity index (χ4v) is 5.60. The number of carbonyl (C=O) groups excluding carboxylic acids is 1. The minimum atomic E-state index is -0.507. The number of halogens is 1. The highest BCUT2D eigenvalue weighted by Gasteiger charge is 2.31. The molecule has 2 fully saturated rings. The van der Waals surface area contributed by atoms with Crippen LogP contribution < -0.4 is 15.4 Å². The molecule has 1 amide bonds. The Balaban J connectivity index is 1.61. The SMILES string of the molecule is C=CC(=O)N1CCN(c2nc(OCC3CCCN3C)nc3cc(-c4cc(N)ccc4F)c(C#N)cc23)CC1CC#N. The molecule has 3 aromatic rings. The van der Waals surface area contributed by atoms with E-state index in [0.29, 0.717) is 54.2 Å². The second-order valence-corrected chi connectivity index (χ2v) is 10.4. The summed E-state index contributed by atoms with van der Waals surface area (Å²) in [4.78, 5) is 27.8. The van der Waals surface area contributed by atoms with E-state index in [9.17, 15) is 19.7 Å². The summed E-state index contributed by atoms with van der Waals surface area (Å²) < 4.78 is 21.0. The maximum atomic E-state index is 14.9. The number of benzene rings is 2. The van der Waals surface area contributed by atoms with E-state index in [0.717, 1.165) is 19.4 Å². The topological polar surface area (TPSA) is 135 Å². The minimum absolute atomic E-state index is 0.138. The molecule has 2 unspecified atom stereocenters. The van der Waals surface area contributed by atoms with Gasteiger partial charge in [0.15, 0.2) is 0 Å². The highest BCUT2D eigenvalue weighted by molar-refractivity contribution is 5.95. The molecule has 0 radical (unpaired) electrons. The Morgan fingerprint density at radius 1 is 1.20 bits per heavy atom. The quantitative estimate of drug-likeness (QED) is 0.344. The second kappa shape index (κ2) is 11.8. The average molecular weight is 555 g/mol. The normalized spacial score (nSPS) is 19.1. The maximum Gasteiger partial charge on any atom is 0.319 e. The number of rotatable bonds is 7. The van der Waals surface area contributed by atoms with Crippen molar-refractivity contribution in [1.82, 2.24) is 19.8 Å². The molecule has 41 heavy (non-hydrogen) atoms. The molecule has 2 aromatic carbocycles. The first-order valence-corrected chi connectivity index (χ1v) is 13.5. The third-order valence-electron chi connectivity index (χ3n) is 7.84. The molecule has 10 nitrogen and oxygen atoms in total. The average Bonchev–Trinajstić information content (AvgIpc) is 3.40. The van der Waals surface area contributed by atoms with E-state index in [1.54, 1.807) is 17.0 Å². The van der Waals surface area contributed by atoms with Gasteiger partial charge >= 0.3 is 6.01 Å². The molecule has 11 heteroatoms. The summed E-state index contributed by atoms with van der Waals surface area (Å²) in [5.74, 6) is -0.218. The van der Waals surface area contributed by atoms with Crippen molar-refractivity contribution in [3.05, 3.63) is 54.4 Å². The number of hydrogen-bond donors (Lipinski definition) is 1. The summed E-state index contributed by atoms with van der Waals surface area (Å²) in [6, 6.07) is 11.9. The van der Waals surface area contributed by atoms with Gasteiger partial charge < -0.3 is 25.2 Å². The van der Waals surface area contributed by atoms with Gasteiger partial charge in [0.25, 0.3) is 0 Å². The molecule has 2 saturated heterocycles. The highest BCUT2D eigenvalue weighted by atomic mass is 19.1. The summed E-state index contributed by atoms with van der Waals surface area (Å²) in [5, 5.41) is 20.1. The summed E-state index contributed by atoms with van der Waals surface area (Å²) in [6.45, 7) is 6.14. The Morgan fingerprint density at radius 2 is 2.02 bits per heavy atom. The molecule has 5 rings (SSSR count). The van der Waals surface area contributed by atoms with Crippen LogP contribution in [0.15, 0.2) is 43.0 Å². The van der Waals surface area contributed by atoms with Gasteiger partial charge in [-0.3, -0.25) is 4.79 Å². The molecule has 0 spiro atoms. The van der Waals surface area contributed by atoms with Gasteiger partial charge in [-0.25, -0.2) is 4.39 Å². The number of likely N-dealkylation sites (tertiary alicyclic amines) is 1. The number of nitriles is 2. The number of ether oxygens (including phenoxy) is 1. The molecule has 1 aromatic heterocycles. The van der Waals surface area contributed by atoms with Gasteiger partial charge in [0.1, 0.15) is 18.2 Å². The van der Waals surface area contributed by atoms with Gasteiger partial charge in [-0.2, -0.15) is 20.5 Å². The van der Waals surface area contributed by atoms with Gasteiger partial charge in [0, 0.05) is 47.9 Å². The summed E-state index contributed by atoms with van der Waals surface area (Å²) >= 11 is 0. The van der Waals surface area contributed by atoms with E-state index < -0.39 is 5.82 Å². The summed E-state index contributed by atoms with van der Waals surface area (Å²) in [5.41, 5.74) is 7.58. The Morgan fingerprint density at radius 3 is 2.73 bits per heavy atom. The zero-order valence-electron chi connectivity index (χ0n) is 22.9. The Hall–Kier alpha value is -4.74. The Labute approximate surface area is 238 Å². The monoisotopic (exact) mass is 554 g/mol. The highest BCUT2D eigenvalue weighted by Crippen LogP contribution is 2.36. The van der Waals surface area contributed by atoms with Crippen molar-refractivity contribution in [3.8, 4) is 29.3 Å². The standard InChI is InChI=1S/C30H31FN8O2/c1-3-28(40)39-12-11-38(17-21(39)8-9-32)29-25-13-19(16-33)23(24-14-20(34)6-7-26(24)31)15-27(25)35-30(36-29)41-18-22-5-4-10-37(22)2/h3,6-7,13-15,21-22H,1,4-5,8,10-12,17-18,34H2,2H3. The van der Waals surface area contributed by atoms with E-state index in [1.165, 1.54) is 24.3 Å². The van der Waals surface area contributed by atoms with Crippen molar-refractivity contribution in [2.24, 2.45) is 0 Å². The summed E-state index contributed by atoms with van der Waals surface area (Å²) in [7, 11) is 2.06. The van der Waals surface area contributed by atoms with Crippen molar-refractivity contribution >= 4 is 28.3 Å². The molecule has 2 aliphatic heterocycles. The van der Waals surface area contributed by atoms with E-state index >= 15 is 0 Å². The molecule has 3 heterocycles. The third kappa shape index (κ3) is 5.63. The molecule has 2 aliphatic rings. The zero-order valence-corrected chi connectivity index (χ0v) is 22.9. The lowest BCUT2D eigenvalue weighted by molar-refractivity contribution is -0.128. The lowest BCUT2D eigenvalue weighted by Crippen LogP contribution is -2.55. The van der Waals surface area contributed by atoms with Crippen LogP contribution in [0.2, 0.25) is 0 Å². The fraction of sp³-hybridized carbons (Fsp3) is 0.367. The van der Waals surface area contributed by atoms with Crippen LogP contribution in [0.4, 0.5) is 15.9 Å². The van der Waals surface area contributed by atoms with Crippen LogP contribution in [0.25, 0.3) is 22.0 Å². The molecular weight excluding hydrogens is 523 g/mol. The van der Waals surface area contributed by atoms with Gasteiger partial charge in [-0.05, 0) is 62.8 Å². The predicted molar refractivity (Wildman–Crippen MR) is 153 cm³/mol. The number of nitrogens with two attached hydrogens (primary N) is 1. The summed E-state index contributed by atoms with van der Waals surface area (Å²) in [6.07, 6.45) is 3.49. The first kappa shape index (κ1) is 27.8. The lowest BCUT2D eigenvalue weighted by atomic mass is 9.97. The minimum Gasteiger partial charge on any atom is -0.462 e. The van der Waals surface area contributed by atoms with Crippen LogP contribution in [0, 0.1) is 28.5 Å². The van der Waals surface area contributed by atoms with Gasteiger partial charge in [-0.1, -0.05) is 6.58 Å². The Bertz CT molecular complexity index is 1580. The number of carbonyl (C=O) groups is 1. The molecule has 2 N–H and O–H groups in total. The predicted octanol–water partition coefficient (Wildman–Crippen LogP) is 3.48. The number of piperazine rings is 1. The number of amides is 1. The number of aromatic nitrogens is 2. The number of likely N-dealkylation sites (N-methyl/N-ethyl adjacent to an activating group) is 1. The number of hydrogen-bond acceptors (Lipinski definition) is 9. The van der Waals surface area contributed by atoms with E-state index in [2.05, 4.69) is 35.6 Å². The van der Waals surface area contributed by atoms with E-state index in [-0.39, 0.29) is 41.5 Å². The van der Waals surface area contributed by atoms with E-state index in [1.807, 2.05) is 4.90 Å². The maximum absolute atomic E-state index is 14.9. The molecule has 0 aliphatic carbocycles. The van der Waals surface area contributed by atoms with Crippen LogP contribution >= 0.6 is 0 Å². The largest absolute Gasteiger partial charge is 0.462 e. The third-order valence-corrected chi connectivity index (χ3v) is 7.84. The molecule has 0 bridgehead atoms. The fourth-order valence-electron chi connectivity index (χ4n) is 5.60. The smallest absolute Gasteiger partial charge is 0.319 e. The van der Waals surface area contributed by atoms with Gasteiger partial charge in [0.2, 0.25) is 5.91 Å².